The van der Waals surface area contributed by atoms with Gasteiger partial charge in [0.1, 0.15) is 17.3 Å². The van der Waals surface area contributed by atoms with Crippen LogP contribution in [0.2, 0.25) is 0 Å². The molecule has 1 saturated heterocycles. The summed E-state index contributed by atoms with van der Waals surface area (Å²) in [6.07, 6.45) is 0. The van der Waals surface area contributed by atoms with E-state index in [-0.39, 0.29) is 11.3 Å². The summed E-state index contributed by atoms with van der Waals surface area (Å²) < 4.78 is 5.32. The number of aromatic nitrogens is 2. The van der Waals surface area contributed by atoms with Crippen LogP contribution in [0.1, 0.15) is 42.6 Å². The highest BCUT2D eigenvalue weighted by molar-refractivity contribution is 5.93. The second-order valence-electron chi connectivity index (χ2n) is 7.51. The third-order valence-electron chi connectivity index (χ3n) is 4.35. The van der Waals surface area contributed by atoms with Crippen LogP contribution in [0.4, 0.5) is 11.5 Å². The summed E-state index contributed by atoms with van der Waals surface area (Å²) in [6, 6.07) is 9.89. The molecule has 0 bridgehead atoms. The molecule has 3 rings (SSSR count). The van der Waals surface area contributed by atoms with E-state index in [2.05, 4.69) is 42.1 Å². The number of anilines is 2. The maximum absolute atomic E-state index is 12.7. The first-order valence-corrected chi connectivity index (χ1v) is 8.94. The minimum Gasteiger partial charge on any atom is -0.378 e. The van der Waals surface area contributed by atoms with Gasteiger partial charge in [-0.1, -0.05) is 39.0 Å². The molecule has 0 aliphatic carbocycles. The van der Waals surface area contributed by atoms with Gasteiger partial charge in [-0.25, -0.2) is 9.97 Å². The number of nitrogens with zero attached hydrogens (tertiary/aromatic N) is 3. The van der Waals surface area contributed by atoms with Crippen LogP contribution in [-0.2, 0) is 10.2 Å². The summed E-state index contributed by atoms with van der Waals surface area (Å²) in [6.45, 7) is 10.6. The van der Waals surface area contributed by atoms with E-state index >= 15 is 0 Å². The summed E-state index contributed by atoms with van der Waals surface area (Å²) >= 11 is 0. The lowest BCUT2D eigenvalue weighted by Gasteiger charge is -2.26. The quantitative estimate of drug-likeness (QED) is 0.916. The lowest BCUT2D eigenvalue weighted by atomic mass is 9.86. The largest absolute Gasteiger partial charge is 0.378 e. The Bertz CT molecular complexity index is 793. The fraction of sp³-hybridized carbons (Fsp3) is 0.450. The molecule has 26 heavy (non-hydrogen) atoms. The number of benzene rings is 1. The van der Waals surface area contributed by atoms with Crippen molar-refractivity contribution in [2.45, 2.75) is 33.1 Å². The Labute approximate surface area is 154 Å². The Balaban J connectivity index is 1.88. The minimum atomic E-state index is -0.0778. The van der Waals surface area contributed by atoms with Crippen molar-refractivity contribution in [1.82, 2.24) is 14.9 Å². The van der Waals surface area contributed by atoms with Gasteiger partial charge in [0.15, 0.2) is 0 Å². The molecule has 0 atom stereocenters. The third-order valence-corrected chi connectivity index (χ3v) is 4.35. The summed E-state index contributed by atoms with van der Waals surface area (Å²) in [4.78, 5) is 23.3. The van der Waals surface area contributed by atoms with Crippen LogP contribution in [0.5, 0.6) is 0 Å². The zero-order valence-electron chi connectivity index (χ0n) is 15.9. The third kappa shape index (κ3) is 4.19. The number of hydrogen-bond acceptors (Lipinski definition) is 5. The molecule has 0 saturated carbocycles. The van der Waals surface area contributed by atoms with Gasteiger partial charge in [0.25, 0.3) is 5.91 Å². The van der Waals surface area contributed by atoms with Crippen LogP contribution in [0.15, 0.2) is 30.3 Å². The number of ether oxygens (including phenoxy) is 1. The lowest BCUT2D eigenvalue weighted by molar-refractivity contribution is 0.0299. The molecular formula is C20H26N4O2. The predicted octanol–water partition coefficient (Wildman–Crippen LogP) is 3.30. The second-order valence-corrected chi connectivity index (χ2v) is 7.51. The Kier molecular flexibility index (Phi) is 5.23. The van der Waals surface area contributed by atoms with E-state index in [9.17, 15) is 4.79 Å². The highest BCUT2D eigenvalue weighted by atomic mass is 16.5. The molecule has 2 heterocycles. The number of amides is 1. The van der Waals surface area contributed by atoms with Gasteiger partial charge < -0.3 is 15.0 Å². The molecular weight excluding hydrogens is 328 g/mol. The highest BCUT2D eigenvalue weighted by Crippen LogP contribution is 2.31. The molecule has 0 radical (unpaired) electrons. The van der Waals surface area contributed by atoms with Crippen LogP contribution in [-0.4, -0.2) is 47.1 Å². The molecule has 6 heteroatoms. The fourth-order valence-corrected chi connectivity index (χ4v) is 3.05. The minimum absolute atomic E-state index is 0.00187. The maximum atomic E-state index is 12.7. The van der Waals surface area contributed by atoms with Crippen LogP contribution in [0.3, 0.4) is 0 Å². The SMILES string of the molecule is Cc1nc(Nc2ccccc2C(C)(C)C)cc(C(=O)N2CCOCC2)n1. The molecule has 6 nitrogen and oxygen atoms in total. The topological polar surface area (TPSA) is 67.4 Å². The summed E-state index contributed by atoms with van der Waals surface area (Å²) in [5.74, 6) is 1.12. The van der Waals surface area contributed by atoms with E-state index in [0.29, 0.717) is 43.6 Å². The van der Waals surface area contributed by atoms with E-state index in [1.807, 2.05) is 18.2 Å². The standard InChI is InChI=1S/C20H26N4O2/c1-14-21-17(19(25)24-9-11-26-12-10-24)13-18(22-14)23-16-8-6-5-7-15(16)20(2,3)4/h5-8,13H,9-12H2,1-4H3,(H,21,22,23). The molecule has 1 N–H and O–H groups in total. The molecule has 0 spiro atoms. The zero-order valence-corrected chi connectivity index (χ0v) is 15.9. The normalized spacial score (nSPS) is 15.0. The van der Waals surface area contributed by atoms with Crippen molar-refractivity contribution >= 4 is 17.4 Å². The first-order valence-electron chi connectivity index (χ1n) is 8.94. The van der Waals surface area contributed by atoms with Gasteiger partial charge in [0.2, 0.25) is 0 Å². The first-order chi connectivity index (χ1) is 12.3. The van der Waals surface area contributed by atoms with Crippen LogP contribution < -0.4 is 5.32 Å². The molecule has 1 amide bonds. The smallest absolute Gasteiger partial charge is 0.272 e. The second kappa shape index (κ2) is 7.41. The van der Waals surface area contributed by atoms with Crippen molar-refractivity contribution in [3.63, 3.8) is 0 Å². The molecule has 138 valence electrons. The molecule has 1 aliphatic heterocycles. The molecule has 1 aliphatic rings. The Morgan fingerprint density at radius 2 is 1.85 bits per heavy atom. The zero-order chi connectivity index (χ0) is 18.7. The van der Waals surface area contributed by atoms with Crippen molar-refractivity contribution in [3.05, 3.63) is 47.4 Å². The molecule has 1 fully saturated rings. The lowest BCUT2D eigenvalue weighted by Crippen LogP contribution is -2.41. The van der Waals surface area contributed by atoms with Crippen molar-refractivity contribution in [3.8, 4) is 0 Å². The average Bonchev–Trinajstić information content (AvgIpc) is 2.61. The summed E-state index contributed by atoms with van der Waals surface area (Å²) in [7, 11) is 0. The fourth-order valence-electron chi connectivity index (χ4n) is 3.05. The van der Waals surface area contributed by atoms with E-state index < -0.39 is 0 Å². The van der Waals surface area contributed by atoms with E-state index in [1.165, 1.54) is 5.56 Å². The Morgan fingerprint density at radius 1 is 1.15 bits per heavy atom. The van der Waals surface area contributed by atoms with Gasteiger partial charge in [0, 0.05) is 24.8 Å². The predicted molar refractivity (Wildman–Crippen MR) is 102 cm³/mol. The maximum Gasteiger partial charge on any atom is 0.272 e. The van der Waals surface area contributed by atoms with Crippen LogP contribution in [0.25, 0.3) is 0 Å². The van der Waals surface area contributed by atoms with Gasteiger partial charge in [0.05, 0.1) is 13.2 Å². The first kappa shape index (κ1) is 18.3. The average molecular weight is 354 g/mol. The van der Waals surface area contributed by atoms with Crippen LogP contribution in [0, 0.1) is 6.92 Å². The number of carbonyl (C=O) groups excluding carboxylic acids is 1. The molecule has 1 aromatic heterocycles. The van der Waals surface area contributed by atoms with E-state index in [1.54, 1.807) is 17.9 Å². The number of morpholine rings is 1. The number of aryl methyl sites for hydroxylation is 1. The Morgan fingerprint density at radius 3 is 2.54 bits per heavy atom. The number of carbonyl (C=O) groups is 1. The van der Waals surface area contributed by atoms with Crippen LogP contribution >= 0.6 is 0 Å². The van der Waals surface area contributed by atoms with E-state index in [0.717, 1.165) is 5.69 Å². The number of hydrogen-bond donors (Lipinski definition) is 1. The van der Waals surface area contributed by atoms with Crippen molar-refractivity contribution in [2.24, 2.45) is 0 Å². The van der Waals surface area contributed by atoms with Gasteiger partial charge >= 0.3 is 0 Å². The van der Waals surface area contributed by atoms with Crippen molar-refractivity contribution in [2.75, 3.05) is 31.6 Å². The molecule has 2 aromatic rings. The van der Waals surface area contributed by atoms with Gasteiger partial charge in [-0.3, -0.25) is 4.79 Å². The van der Waals surface area contributed by atoms with Gasteiger partial charge in [-0.15, -0.1) is 0 Å². The molecule has 0 unspecified atom stereocenters. The van der Waals surface area contributed by atoms with Crippen molar-refractivity contribution < 1.29 is 9.53 Å². The number of para-hydroxylation sites is 1. The van der Waals surface area contributed by atoms with E-state index in [4.69, 9.17) is 4.74 Å². The summed E-state index contributed by atoms with van der Waals surface area (Å²) in [5, 5.41) is 3.37. The van der Waals surface area contributed by atoms with Gasteiger partial charge in [-0.05, 0) is 24.0 Å². The highest BCUT2D eigenvalue weighted by Gasteiger charge is 2.22. The Hall–Kier alpha value is -2.47. The number of nitrogens with one attached hydrogen (secondary N) is 1. The molecule has 1 aromatic carbocycles. The van der Waals surface area contributed by atoms with Gasteiger partial charge in [-0.2, -0.15) is 0 Å². The summed E-state index contributed by atoms with van der Waals surface area (Å²) in [5.41, 5.74) is 2.59. The van der Waals surface area contributed by atoms with Crippen molar-refractivity contribution in [1.29, 1.82) is 0 Å². The number of rotatable bonds is 3. The monoisotopic (exact) mass is 354 g/mol.